The molecule has 0 unspecified atom stereocenters. The Morgan fingerprint density at radius 1 is 1.40 bits per heavy atom. The van der Waals surface area contributed by atoms with Gasteiger partial charge in [-0.15, -0.1) is 0 Å². The summed E-state index contributed by atoms with van der Waals surface area (Å²) < 4.78 is 27.4. The Labute approximate surface area is 132 Å². The average molecular weight is 380 g/mol. The van der Waals surface area contributed by atoms with Crippen LogP contribution in [-0.2, 0) is 10.0 Å². The van der Waals surface area contributed by atoms with Crippen LogP contribution in [0.15, 0.2) is 39.2 Å². The number of benzene rings is 1. The Balaban J connectivity index is 1.96. The zero-order chi connectivity index (χ0) is 14.6. The first-order valence-electron chi connectivity index (χ1n) is 6.32. The van der Waals surface area contributed by atoms with Crippen LogP contribution in [-0.4, -0.2) is 28.1 Å². The molecule has 0 radical (unpaired) electrons. The van der Waals surface area contributed by atoms with Crippen molar-refractivity contribution < 1.29 is 8.42 Å². The van der Waals surface area contributed by atoms with E-state index in [2.05, 4.69) is 32.0 Å². The van der Waals surface area contributed by atoms with Crippen LogP contribution < -0.4 is 10.0 Å². The number of hydrogen-bond acceptors (Lipinski definition) is 3. The maximum absolute atomic E-state index is 12.1. The van der Waals surface area contributed by atoms with E-state index in [0.717, 1.165) is 25.9 Å². The van der Waals surface area contributed by atoms with Crippen LogP contribution in [0.1, 0.15) is 12.8 Å². The summed E-state index contributed by atoms with van der Waals surface area (Å²) in [4.78, 5) is 0.216. The average Bonchev–Trinajstić information content (AvgIpc) is 2.43. The number of halogens is 2. The third-order valence-electron chi connectivity index (χ3n) is 3.10. The van der Waals surface area contributed by atoms with Gasteiger partial charge < -0.3 is 5.32 Å². The fourth-order valence-electron chi connectivity index (χ4n) is 1.97. The van der Waals surface area contributed by atoms with Gasteiger partial charge in [0.1, 0.15) is 0 Å². The molecule has 1 aromatic carbocycles. The van der Waals surface area contributed by atoms with E-state index in [-0.39, 0.29) is 4.90 Å². The quantitative estimate of drug-likeness (QED) is 0.773. The lowest BCUT2D eigenvalue weighted by molar-refractivity contribution is 0.579. The first kappa shape index (κ1) is 16.0. The van der Waals surface area contributed by atoms with E-state index in [0.29, 0.717) is 16.0 Å². The number of rotatable bonds is 5. The molecule has 20 heavy (non-hydrogen) atoms. The molecule has 0 saturated carbocycles. The maximum Gasteiger partial charge on any atom is 0.240 e. The van der Waals surface area contributed by atoms with Crippen molar-refractivity contribution in [3.63, 3.8) is 0 Å². The minimum absolute atomic E-state index is 0.216. The molecular formula is C13H16BrClN2O2S. The van der Waals surface area contributed by atoms with E-state index >= 15 is 0 Å². The molecule has 7 heteroatoms. The molecular weight excluding hydrogens is 364 g/mol. The zero-order valence-electron chi connectivity index (χ0n) is 10.8. The van der Waals surface area contributed by atoms with Gasteiger partial charge in [-0.05, 0) is 53.5 Å². The van der Waals surface area contributed by atoms with Gasteiger partial charge in [0.15, 0.2) is 0 Å². The molecule has 0 fully saturated rings. The molecule has 1 aliphatic heterocycles. The third-order valence-corrected chi connectivity index (χ3v) is 5.77. The van der Waals surface area contributed by atoms with Gasteiger partial charge in [0.05, 0.1) is 9.92 Å². The van der Waals surface area contributed by atoms with Crippen LogP contribution in [0.5, 0.6) is 0 Å². The van der Waals surface area contributed by atoms with Gasteiger partial charge in [0, 0.05) is 17.6 Å². The summed E-state index contributed by atoms with van der Waals surface area (Å²) in [6.07, 6.45) is 3.85. The highest BCUT2D eigenvalue weighted by Gasteiger charge is 2.15. The molecule has 0 aromatic heterocycles. The highest BCUT2D eigenvalue weighted by molar-refractivity contribution is 9.10. The van der Waals surface area contributed by atoms with Gasteiger partial charge >= 0.3 is 0 Å². The molecule has 0 atom stereocenters. The summed E-state index contributed by atoms with van der Waals surface area (Å²) in [6, 6.07) is 4.57. The third kappa shape index (κ3) is 4.30. The predicted molar refractivity (Wildman–Crippen MR) is 84.5 cm³/mol. The van der Waals surface area contributed by atoms with Gasteiger partial charge in [-0.2, -0.15) is 0 Å². The van der Waals surface area contributed by atoms with Crippen molar-refractivity contribution in [1.29, 1.82) is 0 Å². The van der Waals surface area contributed by atoms with Crippen LogP contribution in [0.25, 0.3) is 0 Å². The molecule has 1 heterocycles. The molecule has 0 aliphatic carbocycles. The largest absolute Gasteiger partial charge is 0.313 e. The predicted octanol–water partition coefficient (Wildman–Crippen LogP) is 2.69. The van der Waals surface area contributed by atoms with E-state index in [1.807, 2.05) is 0 Å². The summed E-state index contributed by atoms with van der Waals surface area (Å²) in [5.41, 5.74) is 1.30. The van der Waals surface area contributed by atoms with Crippen LogP contribution >= 0.6 is 27.5 Å². The lowest BCUT2D eigenvalue weighted by atomic mass is 10.1. The SMILES string of the molecule is O=S(=O)(NCCC1=CCNCC1)c1ccc(Cl)c(Br)c1. The van der Waals surface area contributed by atoms with E-state index < -0.39 is 10.0 Å². The van der Waals surface area contributed by atoms with Crippen molar-refractivity contribution in [1.82, 2.24) is 10.0 Å². The van der Waals surface area contributed by atoms with Crippen LogP contribution in [0.2, 0.25) is 5.02 Å². The summed E-state index contributed by atoms with van der Waals surface area (Å²) in [7, 11) is -3.48. The van der Waals surface area contributed by atoms with Crippen LogP contribution in [0, 0.1) is 0 Å². The Morgan fingerprint density at radius 3 is 2.85 bits per heavy atom. The van der Waals surface area contributed by atoms with Gasteiger partial charge in [0.25, 0.3) is 0 Å². The van der Waals surface area contributed by atoms with E-state index in [1.165, 1.54) is 17.7 Å². The maximum atomic E-state index is 12.1. The van der Waals surface area contributed by atoms with Crippen molar-refractivity contribution in [2.24, 2.45) is 0 Å². The second kappa shape index (κ2) is 7.04. The molecule has 0 amide bonds. The minimum atomic E-state index is -3.48. The Hall–Kier alpha value is -0.400. The molecule has 1 aromatic rings. The van der Waals surface area contributed by atoms with Gasteiger partial charge in [-0.3, -0.25) is 0 Å². The zero-order valence-corrected chi connectivity index (χ0v) is 14.0. The van der Waals surface area contributed by atoms with Crippen molar-refractivity contribution in [2.75, 3.05) is 19.6 Å². The summed E-state index contributed by atoms with van der Waals surface area (Å²) in [5.74, 6) is 0. The summed E-state index contributed by atoms with van der Waals surface area (Å²) in [5, 5.41) is 3.72. The molecule has 0 saturated heterocycles. The lowest BCUT2D eigenvalue weighted by Crippen LogP contribution is -2.26. The topological polar surface area (TPSA) is 58.2 Å². The molecule has 0 spiro atoms. The van der Waals surface area contributed by atoms with Crippen molar-refractivity contribution in [3.05, 3.63) is 39.3 Å². The molecule has 2 rings (SSSR count). The van der Waals surface area contributed by atoms with Gasteiger partial charge in [-0.1, -0.05) is 23.3 Å². The summed E-state index contributed by atoms with van der Waals surface area (Å²) >= 11 is 9.09. The highest BCUT2D eigenvalue weighted by Crippen LogP contribution is 2.25. The molecule has 0 bridgehead atoms. The summed E-state index contributed by atoms with van der Waals surface area (Å²) in [6.45, 7) is 2.24. The van der Waals surface area contributed by atoms with Crippen molar-refractivity contribution in [3.8, 4) is 0 Å². The fraction of sp³-hybridized carbons (Fsp3) is 0.385. The Kier molecular flexibility index (Phi) is 5.63. The smallest absolute Gasteiger partial charge is 0.240 e. The first-order valence-corrected chi connectivity index (χ1v) is 8.98. The van der Waals surface area contributed by atoms with E-state index in [9.17, 15) is 8.42 Å². The number of sulfonamides is 1. The fourth-order valence-corrected chi connectivity index (χ4v) is 3.68. The molecule has 1 aliphatic rings. The van der Waals surface area contributed by atoms with Crippen molar-refractivity contribution >= 4 is 37.6 Å². The lowest BCUT2D eigenvalue weighted by Gasteiger charge is -2.14. The van der Waals surface area contributed by atoms with Crippen LogP contribution in [0.4, 0.5) is 0 Å². The number of nitrogens with one attached hydrogen (secondary N) is 2. The molecule has 2 N–H and O–H groups in total. The second-order valence-electron chi connectivity index (χ2n) is 4.54. The molecule has 4 nitrogen and oxygen atoms in total. The standard InChI is InChI=1S/C13H16BrClN2O2S/c14-12-9-11(1-2-13(12)15)20(18,19)17-8-5-10-3-6-16-7-4-10/h1-3,9,16-17H,4-8H2. The first-order chi connectivity index (χ1) is 9.49. The highest BCUT2D eigenvalue weighted by atomic mass is 79.9. The Morgan fingerprint density at radius 2 is 2.20 bits per heavy atom. The molecule has 110 valence electrons. The van der Waals surface area contributed by atoms with E-state index in [4.69, 9.17) is 11.6 Å². The van der Waals surface area contributed by atoms with Gasteiger partial charge in [-0.25, -0.2) is 13.1 Å². The Bertz CT molecular complexity index is 617. The van der Waals surface area contributed by atoms with Crippen LogP contribution in [0.3, 0.4) is 0 Å². The van der Waals surface area contributed by atoms with Crippen molar-refractivity contribution in [2.45, 2.75) is 17.7 Å². The second-order valence-corrected chi connectivity index (χ2v) is 7.57. The van der Waals surface area contributed by atoms with Gasteiger partial charge in [0.2, 0.25) is 10.0 Å². The van der Waals surface area contributed by atoms with E-state index in [1.54, 1.807) is 6.07 Å². The normalized spacial score (nSPS) is 16.0. The minimum Gasteiger partial charge on any atom is -0.313 e. The monoisotopic (exact) mass is 378 g/mol. The number of hydrogen-bond donors (Lipinski definition) is 2.